The summed E-state index contributed by atoms with van der Waals surface area (Å²) in [7, 11) is 0. The van der Waals surface area contributed by atoms with Crippen LogP contribution in [0.2, 0.25) is 0 Å². The van der Waals surface area contributed by atoms with E-state index in [0.717, 1.165) is 18.0 Å². The number of rotatable bonds is 2. The fourth-order valence-corrected chi connectivity index (χ4v) is 3.55. The zero-order chi connectivity index (χ0) is 12.4. The molecule has 2 aliphatic heterocycles. The summed E-state index contributed by atoms with van der Waals surface area (Å²) in [5.41, 5.74) is 0. The van der Waals surface area contributed by atoms with Crippen LogP contribution in [0.5, 0.6) is 0 Å². The first kappa shape index (κ1) is 12.2. The molecule has 0 saturated carbocycles. The van der Waals surface area contributed by atoms with Gasteiger partial charge in [-0.15, -0.1) is 0 Å². The molecule has 0 aromatic carbocycles. The molecule has 3 heterocycles. The number of Topliss-reactive ketones (excluding diaryl/α,β-unsaturated/α-hetero) is 1. The summed E-state index contributed by atoms with van der Waals surface area (Å²) in [6, 6.07) is 0. The van der Waals surface area contributed by atoms with E-state index in [1.54, 1.807) is 0 Å². The third-order valence-corrected chi connectivity index (χ3v) is 4.76. The molecule has 0 spiro atoms. The van der Waals surface area contributed by atoms with Gasteiger partial charge in [0.1, 0.15) is 11.7 Å². The van der Waals surface area contributed by atoms with E-state index in [1.807, 2.05) is 11.8 Å². The molecule has 2 atom stereocenters. The molecule has 0 aliphatic carbocycles. The zero-order valence-electron chi connectivity index (χ0n) is 10.1. The van der Waals surface area contributed by atoms with Crippen molar-refractivity contribution in [2.45, 2.75) is 36.9 Å². The molecule has 2 aliphatic rings. The molecule has 2 unspecified atom stereocenters. The molecule has 5 nitrogen and oxygen atoms in total. The third kappa shape index (κ3) is 2.44. The van der Waals surface area contributed by atoms with Crippen molar-refractivity contribution in [3.63, 3.8) is 0 Å². The Labute approximate surface area is 110 Å². The van der Waals surface area contributed by atoms with Crippen LogP contribution >= 0.6 is 11.8 Å². The molecule has 6 heteroatoms. The number of carbonyl (C=O) groups excluding carboxylic acids is 1. The van der Waals surface area contributed by atoms with Crippen LogP contribution in [0.3, 0.4) is 0 Å². The summed E-state index contributed by atoms with van der Waals surface area (Å²) in [5.74, 6) is 2.12. The van der Waals surface area contributed by atoms with E-state index in [4.69, 9.17) is 9.26 Å². The minimum atomic E-state index is -0.353. The summed E-state index contributed by atoms with van der Waals surface area (Å²) >= 11 is 1.88. The molecular weight excluding hydrogens is 252 g/mol. The van der Waals surface area contributed by atoms with E-state index >= 15 is 0 Å². The Kier molecular flexibility index (Phi) is 3.65. The number of thioether (sulfide) groups is 1. The lowest BCUT2D eigenvalue weighted by Gasteiger charge is -2.18. The van der Waals surface area contributed by atoms with Crippen molar-refractivity contribution in [2.24, 2.45) is 0 Å². The molecule has 0 N–H and O–H groups in total. The van der Waals surface area contributed by atoms with Gasteiger partial charge in [0.25, 0.3) is 0 Å². The second kappa shape index (κ2) is 5.40. The Morgan fingerprint density at radius 2 is 2.28 bits per heavy atom. The van der Waals surface area contributed by atoms with E-state index < -0.39 is 0 Å². The van der Waals surface area contributed by atoms with Gasteiger partial charge in [0, 0.05) is 6.42 Å². The van der Waals surface area contributed by atoms with Crippen molar-refractivity contribution in [3.05, 3.63) is 11.7 Å². The molecule has 0 amide bonds. The number of nitrogens with zero attached hydrogens (tertiary/aromatic N) is 2. The van der Waals surface area contributed by atoms with Gasteiger partial charge in [-0.1, -0.05) is 11.6 Å². The summed E-state index contributed by atoms with van der Waals surface area (Å²) in [4.78, 5) is 16.2. The van der Waals surface area contributed by atoms with Crippen molar-refractivity contribution in [1.29, 1.82) is 0 Å². The highest BCUT2D eigenvalue weighted by Crippen LogP contribution is 2.37. The minimum absolute atomic E-state index is 0.146. The predicted molar refractivity (Wildman–Crippen MR) is 66.5 cm³/mol. The normalized spacial score (nSPS) is 29.4. The molecule has 1 aromatic heterocycles. The van der Waals surface area contributed by atoms with Crippen LogP contribution in [0.4, 0.5) is 0 Å². The monoisotopic (exact) mass is 268 g/mol. The van der Waals surface area contributed by atoms with Gasteiger partial charge in [-0.3, -0.25) is 4.79 Å². The standard InChI is InChI=1S/C12H16N2O3S/c15-9-4-5-16-7-8(9)12-13-11(14-17-12)10-3-1-2-6-18-10/h8,10H,1-7H2. The van der Waals surface area contributed by atoms with Crippen LogP contribution in [-0.4, -0.2) is 34.9 Å². The fraction of sp³-hybridized carbons (Fsp3) is 0.750. The second-order valence-electron chi connectivity index (χ2n) is 4.69. The third-order valence-electron chi connectivity index (χ3n) is 3.39. The predicted octanol–water partition coefficient (Wildman–Crippen LogP) is 2.10. The Hall–Kier alpha value is -0.880. The average molecular weight is 268 g/mol. The first-order chi connectivity index (χ1) is 8.84. The van der Waals surface area contributed by atoms with Crippen LogP contribution < -0.4 is 0 Å². The summed E-state index contributed by atoms with van der Waals surface area (Å²) < 4.78 is 10.6. The largest absolute Gasteiger partial charge is 0.380 e. The highest BCUT2D eigenvalue weighted by atomic mass is 32.2. The van der Waals surface area contributed by atoms with E-state index in [-0.39, 0.29) is 11.7 Å². The first-order valence-corrected chi connectivity index (χ1v) is 7.45. The number of carbonyl (C=O) groups is 1. The Balaban J connectivity index is 1.73. The number of aromatic nitrogens is 2. The van der Waals surface area contributed by atoms with Gasteiger partial charge in [-0.2, -0.15) is 16.7 Å². The van der Waals surface area contributed by atoms with E-state index in [1.165, 1.54) is 12.8 Å². The molecule has 2 fully saturated rings. The molecule has 18 heavy (non-hydrogen) atoms. The first-order valence-electron chi connectivity index (χ1n) is 6.40. The Bertz CT molecular complexity index is 429. The summed E-state index contributed by atoms with van der Waals surface area (Å²) in [6.45, 7) is 0.882. The smallest absolute Gasteiger partial charge is 0.239 e. The lowest BCUT2D eigenvalue weighted by molar-refractivity contribution is -0.127. The Morgan fingerprint density at radius 3 is 3.06 bits per heavy atom. The van der Waals surface area contributed by atoms with Gasteiger partial charge in [0.05, 0.1) is 18.5 Å². The van der Waals surface area contributed by atoms with Crippen LogP contribution in [0.25, 0.3) is 0 Å². The summed E-state index contributed by atoms with van der Waals surface area (Å²) in [6.07, 6.45) is 4.02. The highest BCUT2D eigenvalue weighted by molar-refractivity contribution is 7.99. The SMILES string of the molecule is O=C1CCOCC1c1nc(C2CCCCS2)no1. The van der Waals surface area contributed by atoms with Crippen molar-refractivity contribution in [2.75, 3.05) is 19.0 Å². The lowest BCUT2D eigenvalue weighted by atomic mass is 10.0. The van der Waals surface area contributed by atoms with Gasteiger partial charge in [0.15, 0.2) is 5.82 Å². The summed E-state index contributed by atoms with van der Waals surface area (Å²) in [5, 5.41) is 4.36. The fourth-order valence-electron chi connectivity index (χ4n) is 2.31. The van der Waals surface area contributed by atoms with E-state index in [0.29, 0.717) is 30.8 Å². The number of hydrogen-bond donors (Lipinski definition) is 0. The van der Waals surface area contributed by atoms with E-state index in [2.05, 4.69) is 10.1 Å². The molecule has 98 valence electrons. The highest BCUT2D eigenvalue weighted by Gasteiger charge is 2.31. The second-order valence-corrected chi connectivity index (χ2v) is 6.00. The number of hydrogen-bond acceptors (Lipinski definition) is 6. The molecule has 0 radical (unpaired) electrons. The molecular formula is C12H16N2O3S. The molecule has 1 aromatic rings. The lowest BCUT2D eigenvalue weighted by Crippen LogP contribution is -2.25. The maximum absolute atomic E-state index is 11.8. The minimum Gasteiger partial charge on any atom is -0.380 e. The maximum Gasteiger partial charge on any atom is 0.239 e. The average Bonchev–Trinajstić information content (AvgIpc) is 2.90. The number of ether oxygens (including phenoxy) is 1. The quantitative estimate of drug-likeness (QED) is 0.818. The van der Waals surface area contributed by atoms with Crippen LogP contribution in [-0.2, 0) is 9.53 Å². The molecule has 0 bridgehead atoms. The molecule has 2 saturated heterocycles. The van der Waals surface area contributed by atoms with Crippen molar-refractivity contribution in [1.82, 2.24) is 10.1 Å². The molecule has 3 rings (SSSR count). The van der Waals surface area contributed by atoms with Crippen molar-refractivity contribution < 1.29 is 14.1 Å². The number of ketones is 1. The maximum atomic E-state index is 11.8. The van der Waals surface area contributed by atoms with Gasteiger partial charge in [-0.05, 0) is 18.6 Å². The van der Waals surface area contributed by atoms with Crippen LogP contribution in [0.1, 0.15) is 48.6 Å². The van der Waals surface area contributed by atoms with Crippen LogP contribution in [0.15, 0.2) is 4.52 Å². The van der Waals surface area contributed by atoms with Crippen LogP contribution in [0, 0.1) is 0 Å². The van der Waals surface area contributed by atoms with Gasteiger partial charge >= 0.3 is 0 Å². The zero-order valence-corrected chi connectivity index (χ0v) is 10.9. The Morgan fingerprint density at radius 1 is 1.33 bits per heavy atom. The van der Waals surface area contributed by atoms with Gasteiger partial charge in [0.2, 0.25) is 5.89 Å². The van der Waals surface area contributed by atoms with E-state index in [9.17, 15) is 4.79 Å². The van der Waals surface area contributed by atoms with Gasteiger partial charge < -0.3 is 9.26 Å². The van der Waals surface area contributed by atoms with Gasteiger partial charge in [-0.25, -0.2) is 0 Å². The van der Waals surface area contributed by atoms with Crippen molar-refractivity contribution in [3.8, 4) is 0 Å². The topological polar surface area (TPSA) is 65.2 Å². The van der Waals surface area contributed by atoms with Crippen molar-refractivity contribution >= 4 is 17.5 Å².